The Bertz CT molecular complexity index is 1590. The molecule has 7 heteroatoms. The second-order valence-electron chi connectivity index (χ2n) is 10.8. The number of carbonyl (C=O) groups excluding carboxylic acids is 1. The standard InChI is InChI=1S/C32H32FN5O/c1-4-23-7-9-24(10-8-23)32(33)11-15-38(16-12-32)31(39)26-18-25(21(2)17-22(26)3)30-35-27-19-29(34-20-28(27)36-30)37-13-5-6-14-37/h1,7-10,17-20H,5-6,11-16H2,2-3H3,(H,35,36). The van der Waals surface area contributed by atoms with Crippen LogP contribution in [0.4, 0.5) is 10.2 Å². The number of alkyl halides is 1. The second kappa shape index (κ2) is 9.85. The summed E-state index contributed by atoms with van der Waals surface area (Å²) in [6, 6.07) is 13.1. The Hall–Kier alpha value is -4.18. The molecule has 4 heterocycles. The van der Waals surface area contributed by atoms with E-state index in [1.165, 1.54) is 12.8 Å². The minimum absolute atomic E-state index is 0.0763. The molecule has 0 atom stereocenters. The fourth-order valence-electron chi connectivity index (χ4n) is 5.87. The minimum Gasteiger partial charge on any atom is -0.357 e. The topological polar surface area (TPSA) is 65.1 Å². The van der Waals surface area contributed by atoms with E-state index in [0.29, 0.717) is 30.0 Å². The number of nitrogens with zero attached hydrogens (tertiary/aromatic N) is 4. The van der Waals surface area contributed by atoms with Crippen LogP contribution in [0.2, 0.25) is 0 Å². The van der Waals surface area contributed by atoms with Gasteiger partial charge >= 0.3 is 0 Å². The predicted molar refractivity (Wildman–Crippen MR) is 153 cm³/mol. The highest BCUT2D eigenvalue weighted by Crippen LogP contribution is 2.38. The molecule has 0 radical (unpaired) electrons. The van der Waals surface area contributed by atoms with Crippen LogP contribution in [-0.2, 0) is 5.67 Å². The molecule has 0 saturated carbocycles. The van der Waals surface area contributed by atoms with Gasteiger partial charge in [0.05, 0.1) is 17.2 Å². The number of nitrogens with one attached hydrogen (secondary N) is 1. The Kier molecular flexibility index (Phi) is 6.34. The van der Waals surface area contributed by atoms with Crippen molar-refractivity contribution in [1.29, 1.82) is 0 Å². The zero-order valence-electron chi connectivity index (χ0n) is 22.4. The van der Waals surface area contributed by atoms with Gasteiger partial charge in [-0.1, -0.05) is 24.1 Å². The molecule has 39 heavy (non-hydrogen) atoms. The lowest BCUT2D eigenvalue weighted by molar-refractivity contribution is 0.0421. The fraction of sp³-hybridized carbons (Fsp3) is 0.344. The maximum Gasteiger partial charge on any atom is 0.254 e. The molecular weight excluding hydrogens is 489 g/mol. The molecule has 0 aliphatic carbocycles. The molecule has 198 valence electrons. The van der Waals surface area contributed by atoms with E-state index in [1.807, 2.05) is 38.2 Å². The van der Waals surface area contributed by atoms with Gasteiger partial charge in [-0.2, -0.15) is 0 Å². The average molecular weight is 522 g/mol. The smallest absolute Gasteiger partial charge is 0.254 e. The van der Waals surface area contributed by atoms with Crippen LogP contribution in [0, 0.1) is 26.2 Å². The zero-order valence-corrected chi connectivity index (χ0v) is 22.4. The lowest BCUT2D eigenvalue weighted by Crippen LogP contribution is -2.43. The highest BCUT2D eigenvalue weighted by molar-refractivity contribution is 5.97. The number of benzene rings is 2. The lowest BCUT2D eigenvalue weighted by Gasteiger charge is -2.37. The number of aromatic amines is 1. The number of carbonyl (C=O) groups is 1. The largest absolute Gasteiger partial charge is 0.357 e. The first-order valence-electron chi connectivity index (χ1n) is 13.6. The number of H-pyrrole nitrogens is 1. The molecule has 1 N–H and O–H groups in total. The van der Waals surface area contributed by atoms with Crippen molar-refractivity contribution in [3.05, 3.63) is 76.5 Å². The molecule has 6 nitrogen and oxygen atoms in total. The molecule has 6 rings (SSSR count). The number of likely N-dealkylation sites (tertiary alicyclic amines) is 1. The second-order valence-corrected chi connectivity index (χ2v) is 10.8. The van der Waals surface area contributed by atoms with Crippen molar-refractivity contribution in [3.63, 3.8) is 0 Å². The molecule has 4 aromatic rings. The molecule has 0 bridgehead atoms. The minimum atomic E-state index is -1.46. The number of pyridine rings is 1. The first-order valence-corrected chi connectivity index (χ1v) is 13.6. The van der Waals surface area contributed by atoms with Crippen LogP contribution in [0.5, 0.6) is 0 Å². The highest BCUT2D eigenvalue weighted by atomic mass is 19.1. The van der Waals surface area contributed by atoms with E-state index in [2.05, 4.69) is 20.8 Å². The molecule has 2 aromatic heterocycles. The van der Waals surface area contributed by atoms with Crippen LogP contribution >= 0.6 is 0 Å². The van der Waals surface area contributed by atoms with E-state index < -0.39 is 5.67 Å². The van der Waals surface area contributed by atoms with Gasteiger partial charge in [0.1, 0.15) is 17.3 Å². The van der Waals surface area contributed by atoms with Gasteiger partial charge in [-0.05, 0) is 61.6 Å². The molecule has 2 saturated heterocycles. The Balaban J connectivity index is 1.23. The number of piperidine rings is 1. The summed E-state index contributed by atoms with van der Waals surface area (Å²) in [5.74, 6) is 4.16. The third-order valence-electron chi connectivity index (χ3n) is 8.25. The zero-order chi connectivity index (χ0) is 27.1. The van der Waals surface area contributed by atoms with E-state index >= 15 is 4.39 Å². The van der Waals surface area contributed by atoms with Crippen LogP contribution < -0.4 is 4.90 Å². The number of hydrogen-bond donors (Lipinski definition) is 1. The van der Waals surface area contributed by atoms with Crippen molar-refractivity contribution in [3.8, 4) is 23.7 Å². The molecule has 1 amide bonds. The number of hydrogen-bond acceptors (Lipinski definition) is 4. The summed E-state index contributed by atoms with van der Waals surface area (Å²) in [7, 11) is 0. The van der Waals surface area contributed by atoms with Gasteiger partial charge < -0.3 is 14.8 Å². The lowest BCUT2D eigenvalue weighted by atomic mass is 9.85. The normalized spacial score (nSPS) is 17.0. The van der Waals surface area contributed by atoms with E-state index in [1.54, 1.807) is 29.2 Å². The summed E-state index contributed by atoms with van der Waals surface area (Å²) in [5, 5.41) is 0. The number of fused-ring (bicyclic) bond motifs is 1. The van der Waals surface area contributed by atoms with Gasteiger partial charge in [0.2, 0.25) is 0 Å². The van der Waals surface area contributed by atoms with Crippen LogP contribution in [0.3, 0.4) is 0 Å². The maximum atomic E-state index is 15.8. The molecular formula is C32H32FN5O. The summed E-state index contributed by atoms with van der Waals surface area (Å²) < 4.78 is 15.8. The predicted octanol–water partition coefficient (Wildman–Crippen LogP) is 5.92. The fourth-order valence-corrected chi connectivity index (χ4v) is 5.87. The van der Waals surface area contributed by atoms with Gasteiger partial charge in [0.15, 0.2) is 0 Å². The van der Waals surface area contributed by atoms with Crippen LogP contribution in [-0.4, -0.2) is 51.9 Å². The third-order valence-corrected chi connectivity index (χ3v) is 8.25. The SMILES string of the molecule is C#Cc1ccc(C2(F)CCN(C(=O)c3cc(-c4nc5cc(N6CCCC6)ncc5[nH]4)c(C)cc3C)CC2)cc1. The number of rotatable bonds is 4. The van der Waals surface area contributed by atoms with Crippen LogP contribution in [0.15, 0.2) is 48.7 Å². The van der Waals surface area contributed by atoms with Gasteiger partial charge in [0.25, 0.3) is 5.91 Å². The van der Waals surface area contributed by atoms with Crippen molar-refractivity contribution >= 4 is 22.8 Å². The van der Waals surface area contributed by atoms with Crippen LogP contribution in [0.1, 0.15) is 58.3 Å². The van der Waals surface area contributed by atoms with Gasteiger partial charge in [-0.3, -0.25) is 4.79 Å². The van der Waals surface area contributed by atoms with Gasteiger partial charge in [-0.25, -0.2) is 14.4 Å². The van der Waals surface area contributed by atoms with Gasteiger partial charge in [0, 0.05) is 61.8 Å². The number of aromatic nitrogens is 3. The third kappa shape index (κ3) is 4.65. The molecule has 0 unspecified atom stereocenters. The first-order chi connectivity index (χ1) is 18.8. The summed E-state index contributed by atoms with van der Waals surface area (Å²) in [4.78, 5) is 30.6. The Morgan fingerprint density at radius 3 is 2.44 bits per heavy atom. The number of aryl methyl sites for hydroxylation is 2. The van der Waals surface area contributed by atoms with Crippen molar-refractivity contribution in [2.75, 3.05) is 31.1 Å². The molecule has 0 spiro atoms. The highest BCUT2D eigenvalue weighted by Gasteiger charge is 2.38. The average Bonchev–Trinajstić information content (AvgIpc) is 3.63. The Labute approximate surface area is 228 Å². The first kappa shape index (κ1) is 25.1. The summed E-state index contributed by atoms with van der Waals surface area (Å²) in [6.07, 6.45) is 10.2. The summed E-state index contributed by atoms with van der Waals surface area (Å²) in [6.45, 7) is 6.73. The molecule has 2 aliphatic rings. The molecule has 2 fully saturated rings. The Morgan fingerprint density at radius 1 is 1.03 bits per heavy atom. The monoisotopic (exact) mass is 521 g/mol. The summed E-state index contributed by atoms with van der Waals surface area (Å²) in [5.41, 5.74) is 5.05. The van der Waals surface area contributed by atoms with Crippen molar-refractivity contribution in [1.82, 2.24) is 19.9 Å². The van der Waals surface area contributed by atoms with Crippen molar-refractivity contribution in [2.45, 2.75) is 45.2 Å². The maximum absolute atomic E-state index is 15.8. The van der Waals surface area contributed by atoms with Crippen LogP contribution in [0.25, 0.3) is 22.4 Å². The van der Waals surface area contributed by atoms with E-state index in [-0.39, 0.29) is 18.7 Å². The quantitative estimate of drug-likeness (QED) is 0.339. The van der Waals surface area contributed by atoms with Crippen molar-refractivity contribution in [2.24, 2.45) is 0 Å². The summed E-state index contributed by atoms with van der Waals surface area (Å²) >= 11 is 0. The number of anilines is 1. The number of halogens is 1. The van der Waals surface area contributed by atoms with E-state index in [9.17, 15) is 4.79 Å². The van der Waals surface area contributed by atoms with E-state index in [4.69, 9.17) is 11.4 Å². The number of imidazole rings is 1. The Morgan fingerprint density at radius 2 is 1.74 bits per heavy atom. The van der Waals surface area contributed by atoms with Gasteiger partial charge in [-0.15, -0.1) is 6.42 Å². The molecule has 2 aromatic carbocycles. The van der Waals surface area contributed by atoms with Crippen molar-refractivity contribution < 1.29 is 9.18 Å². The number of amides is 1. The van der Waals surface area contributed by atoms with E-state index in [0.717, 1.165) is 52.2 Å². The molecule has 2 aliphatic heterocycles. The number of terminal acetylenes is 1.